The molecule has 0 radical (unpaired) electrons. The van der Waals surface area contributed by atoms with Crippen molar-refractivity contribution in [3.05, 3.63) is 0 Å². The van der Waals surface area contributed by atoms with Gasteiger partial charge >= 0.3 is 5.43 Å². The zero-order valence-corrected chi connectivity index (χ0v) is 8.68. The molecule has 3 nitrogen and oxygen atoms in total. The van der Waals surface area contributed by atoms with E-state index in [1.54, 1.807) is 0 Å². The lowest BCUT2D eigenvalue weighted by atomic mass is 10.0. The topological polar surface area (TPSA) is 38.3 Å². The Morgan fingerprint density at radius 2 is 1.92 bits per heavy atom. The average molecular weight is 194 g/mol. The molecule has 0 aromatic rings. The Bertz CT molecular complexity index is 150. The summed E-state index contributed by atoms with van der Waals surface area (Å²) in [6.45, 7) is 5.92. The number of rotatable bonds is 4. The smallest absolute Gasteiger partial charge is 0.404 e. The highest BCUT2D eigenvalue weighted by Gasteiger charge is 2.22. The van der Waals surface area contributed by atoms with Crippen LogP contribution in [0.2, 0.25) is 0 Å². The van der Waals surface area contributed by atoms with Gasteiger partial charge in [-0.05, 0) is 19.9 Å². The maximum Gasteiger partial charge on any atom is 0.404 e. The summed E-state index contributed by atoms with van der Waals surface area (Å²) in [5.41, 5.74) is -0.740. The monoisotopic (exact) mass is 193 g/mol. The molecule has 0 rings (SSSR count). The second kappa shape index (κ2) is 5.38. The van der Waals surface area contributed by atoms with E-state index >= 15 is 0 Å². The molecule has 0 spiro atoms. The highest BCUT2D eigenvalue weighted by molar-refractivity contribution is 6.61. The number of ether oxygens (including phenoxy) is 1. The molecule has 12 heavy (non-hydrogen) atoms. The van der Waals surface area contributed by atoms with E-state index < -0.39 is 5.43 Å². The number of halogens is 1. The quantitative estimate of drug-likeness (QED) is 0.695. The molecule has 0 aliphatic rings. The first-order valence-electron chi connectivity index (χ1n) is 4.02. The number of hydrogen-bond donors (Lipinski definition) is 1. The Kier molecular flexibility index (Phi) is 5.25. The molecular weight excluding hydrogens is 178 g/mol. The summed E-state index contributed by atoms with van der Waals surface area (Å²) in [4.78, 5) is 10.5. The first-order valence-corrected chi connectivity index (χ1v) is 4.40. The molecular formula is C8H16ClNO2. The first kappa shape index (κ1) is 11.7. The SMILES string of the molecule is CNC(C)[C@H](OC(=O)Cl)C(C)C. The maximum atomic E-state index is 10.5. The van der Waals surface area contributed by atoms with E-state index in [9.17, 15) is 4.79 Å². The summed E-state index contributed by atoms with van der Waals surface area (Å²) in [5, 5.41) is 3.02. The van der Waals surface area contributed by atoms with Gasteiger partial charge in [0, 0.05) is 17.6 Å². The molecule has 0 amide bonds. The molecule has 1 N–H and O–H groups in total. The van der Waals surface area contributed by atoms with E-state index in [1.807, 2.05) is 27.8 Å². The van der Waals surface area contributed by atoms with E-state index in [2.05, 4.69) is 5.32 Å². The van der Waals surface area contributed by atoms with Crippen LogP contribution in [0.3, 0.4) is 0 Å². The van der Waals surface area contributed by atoms with Gasteiger partial charge in [-0.1, -0.05) is 13.8 Å². The Morgan fingerprint density at radius 1 is 1.42 bits per heavy atom. The molecule has 1 unspecified atom stereocenters. The van der Waals surface area contributed by atoms with Gasteiger partial charge in [0.1, 0.15) is 6.10 Å². The molecule has 0 aromatic carbocycles. The Morgan fingerprint density at radius 3 is 2.17 bits per heavy atom. The standard InChI is InChI=1S/C8H16ClNO2/c1-5(2)7(6(3)10-4)12-8(9)11/h5-7,10H,1-4H3/t6?,7-/m1/s1. The highest BCUT2D eigenvalue weighted by atomic mass is 35.5. The van der Waals surface area contributed by atoms with Gasteiger partial charge in [0.05, 0.1) is 0 Å². The minimum atomic E-state index is -0.740. The molecule has 72 valence electrons. The number of carbonyl (C=O) groups excluding carboxylic acids is 1. The minimum Gasteiger partial charge on any atom is -0.448 e. The average Bonchev–Trinajstić information content (AvgIpc) is 1.98. The van der Waals surface area contributed by atoms with E-state index in [0.717, 1.165) is 0 Å². The van der Waals surface area contributed by atoms with Crippen molar-refractivity contribution in [2.75, 3.05) is 7.05 Å². The van der Waals surface area contributed by atoms with Crippen LogP contribution in [0.25, 0.3) is 0 Å². The van der Waals surface area contributed by atoms with Crippen molar-refractivity contribution in [3.8, 4) is 0 Å². The van der Waals surface area contributed by atoms with Crippen LogP contribution in [0.15, 0.2) is 0 Å². The second-order valence-electron chi connectivity index (χ2n) is 3.14. The van der Waals surface area contributed by atoms with Crippen LogP contribution >= 0.6 is 11.6 Å². The van der Waals surface area contributed by atoms with Crippen molar-refractivity contribution in [2.45, 2.75) is 32.9 Å². The van der Waals surface area contributed by atoms with Gasteiger partial charge in [-0.2, -0.15) is 0 Å². The zero-order valence-electron chi connectivity index (χ0n) is 7.93. The van der Waals surface area contributed by atoms with E-state index in [4.69, 9.17) is 16.3 Å². The molecule has 0 aliphatic carbocycles. The predicted octanol–water partition coefficient (Wildman–Crippen LogP) is 1.99. The third-order valence-electron chi connectivity index (χ3n) is 1.83. The summed E-state index contributed by atoms with van der Waals surface area (Å²) in [6, 6.07) is 0.118. The van der Waals surface area contributed by atoms with Gasteiger partial charge in [0.25, 0.3) is 0 Å². The van der Waals surface area contributed by atoms with Gasteiger partial charge in [-0.3, -0.25) is 0 Å². The maximum absolute atomic E-state index is 10.5. The van der Waals surface area contributed by atoms with Gasteiger partial charge in [-0.25, -0.2) is 4.79 Å². The van der Waals surface area contributed by atoms with Crippen molar-refractivity contribution in [2.24, 2.45) is 5.92 Å². The van der Waals surface area contributed by atoms with Crippen LogP contribution in [0, 0.1) is 5.92 Å². The first-order chi connectivity index (χ1) is 5.49. The molecule has 0 aliphatic heterocycles. The van der Waals surface area contributed by atoms with Crippen molar-refractivity contribution in [3.63, 3.8) is 0 Å². The Hall–Kier alpha value is -0.280. The number of nitrogens with one attached hydrogen (secondary N) is 1. The summed E-state index contributed by atoms with van der Waals surface area (Å²) in [5.74, 6) is 0.259. The minimum absolute atomic E-state index is 0.118. The molecule has 2 atom stereocenters. The van der Waals surface area contributed by atoms with Crippen molar-refractivity contribution >= 4 is 17.0 Å². The van der Waals surface area contributed by atoms with Crippen molar-refractivity contribution in [1.82, 2.24) is 5.32 Å². The lowest BCUT2D eigenvalue weighted by Crippen LogP contribution is -2.40. The Balaban J connectivity index is 4.12. The Labute approximate surface area is 78.4 Å². The molecule has 0 fully saturated rings. The van der Waals surface area contributed by atoms with Crippen LogP contribution in [0.1, 0.15) is 20.8 Å². The molecule has 0 saturated carbocycles. The molecule has 0 saturated heterocycles. The molecule has 0 heterocycles. The second-order valence-corrected chi connectivity index (χ2v) is 3.45. The largest absolute Gasteiger partial charge is 0.448 e. The van der Waals surface area contributed by atoms with Crippen LogP contribution in [0.5, 0.6) is 0 Å². The zero-order chi connectivity index (χ0) is 9.72. The van der Waals surface area contributed by atoms with Gasteiger partial charge < -0.3 is 10.1 Å². The van der Waals surface area contributed by atoms with Gasteiger partial charge in [0.15, 0.2) is 0 Å². The van der Waals surface area contributed by atoms with Crippen LogP contribution < -0.4 is 5.32 Å². The predicted molar refractivity (Wildman–Crippen MR) is 49.5 cm³/mol. The molecule has 0 aromatic heterocycles. The third-order valence-corrected chi connectivity index (χ3v) is 1.92. The normalized spacial score (nSPS) is 15.8. The lowest BCUT2D eigenvalue weighted by molar-refractivity contribution is 0.0691. The van der Waals surface area contributed by atoms with Gasteiger partial charge in [0.2, 0.25) is 0 Å². The van der Waals surface area contributed by atoms with Crippen LogP contribution in [-0.2, 0) is 4.74 Å². The molecule has 4 heteroatoms. The number of likely N-dealkylation sites (N-methyl/N-ethyl adjacent to an activating group) is 1. The van der Waals surface area contributed by atoms with Crippen molar-refractivity contribution < 1.29 is 9.53 Å². The van der Waals surface area contributed by atoms with E-state index in [0.29, 0.717) is 0 Å². The number of carbonyl (C=O) groups is 1. The number of hydrogen-bond acceptors (Lipinski definition) is 3. The fraction of sp³-hybridized carbons (Fsp3) is 0.875. The molecule has 0 bridgehead atoms. The summed E-state index contributed by atoms with van der Waals surface area (Å²) in [6.07, 6.45) is -0.167. The van der Waals surface area contributed by atoms with Gasteiger partial charge in [-0.15, -0.1) is 0 Å². The third kappa shape index (κ3) is 3.93. The van der Waals surface area contributed by atoms with Crippen molar-refractivity contribution in [1.29, 1.82) is 0 Å². The summed E-state index contributed by atoms with van der Waals surface area (Å²) >= 11 is 5.13. The summed E-state index contributed by atoms with van der Waals surface area (Å²) in [7, 11) is 1.82. The van der Waals surface area contributed by atoms with Crippen LogP contribution in [0.4, 0.5) is 4.79 Å². The van der Waals surface area contributed by atoms with Crippen LogP contribution in [-0.4, -0.2) is 24.6 Å². The highest BCUT2D eigenvalue weighted by Crippen LogP contribution is 2.12. The summed E-state index contributed by atoms with van der Waals surface area (Å²) < 4.78 is 4.93. The fourth-order valence-electron chi connectivity index (χ4n) is 1.09. The van der Waals surface area contributed by atoms with E-state index in [1.165, 1.54) is 0 Å². The van der Waals surface area contributed by atoms with E-state index in [-0.39, 0.29) is 18.1 Å². The fourth-order valence-corrected chi connectivity index (χ4v) is 1.19. The lowest BCUT2D eigenvalue weighted by Gasteiger charge is -2.25.